The monoisotopic (exact) mass is 454 g/mol. The SMILES string of the molecule is Nc1nc(CN2CCN(C(=O)CCNC(=O)c3ccc(F)cc3F)CC2)nc2ccccc12. The summed E-state index contributed by atoms with van der Waals surface area (Å²) in [4.78, 5) is 37.4. The fraction of sp³-hybridized carbons (Fsp3) is 0.304. The molecule has 0 aliphatic carbocycles. The maximum absolute atomic E-state index is 13.7. The molecule has 0 atom stereocenters. The molecule has 2 heterocycles. The van der Waals surface area contributed by atoms with E-state index in [1.807, 2.05) is 24.3 Å². The van der Waals surface area contributed by atoms with Gasteiger partial charge in [-0.2, -0.15) is 0 Å². The molecule has 1 saturated heterocycles. The van der Waals surface area contributed by atoms with Crippen LogP contribution in [0.5, 0.6) is 0 Å². The Bertz CT molecular complexity index is 1180. The molecule has 0 bridgehead atoms. The van der Waals surface area contributed by atoms with E-state index in [4.69, 9.17) is 5.73 Å². The number of fused-ring (bicyclic) bond motifs is 1. The van der Waals surface area contributed by atoms with E-state index in [-0.39, 0.29) is 24.4 Å². The zero-order valence-corrected chi connectivity index (χ0v) is 17.9. The van der Waals surface area contributed by atoms with Crippen molar-refractivity contribution in [1.82, 2.24) is 25.1 Å². The lowest BCUT2D eigenvalue weighted by molar-refractivity contribution is -0.132. The minimum absolute atomic E-state index is 0.0684. The standard InChI is InChI=1S/C23H24F2N6O2/c24-15-5-6-16(18(25)13-15)23(33)27-8-7-21(32)31-11-9-30(10-12-31)14-20-28-19-4-2-1-3-17(19)22(26)29-20/h1-6,13H,7-12,14H2,(H,27,33)(H2,26,28,29). The van der Waals surface area contributed by atoms with Crippen LogP contribution >= 0.6 is 0 Å². The van der Waals surface area contributed by atoms with E-state index in [1.54, 1.807) is 4.90 Å². The van der Waals surface area contributed by atoms with Gasteiger partial charge in [-0.25, -0.2) is 18.7 Å². The molecule has 1 aliphatic heterocycles. The van der Waals surface area contributed by atoms with E-state index in [1.165, 1.54) is 0 Å². The van der Waals surface area contributed by atoms with Gasteiger partial charge in [-0.05, 0) is 24.3 Å². The number of halogens is 2. The summed E-state index contributed by atoms with van der Waals surface area (Å²) in [6.45, 7) is 3.02. The molecule has 8 nitrogen and oxygen atoms in total. The molecule has 3 aromatic rings. The number of piperazine rings is 1. The Kier molecular flexibility index (Phi) is 6.74. The van der Waals surface area contributed by atoms with Crippen LogP contribution < -0.4 is 11.1 Å². The van der Waals surface area contributed by atoms with Crippen LogP contribution in [-0.2, 0) is 11.3 Å². The summed E-state index contributed by atoms with van der Waals surface area (Å²) in [5, 5.41) is 3.33. The molecule has 0 saturated carbocycles. The van der Waals surface area contributed by atoms with Gasteiger partial charge in [0.25, 0.3) is 5.91 Å². The molecule has 172 valence electrons. The minimum atomic E-state index is -0.938. The lowest BCUT2D eigenvalue weighted by Crippen LogP contribution is -2.49. The van der Waals surface area contributed by atoms with Crippen LogP contribution in [0.1, 0.15) is 22.6 Å². The molecule has 33 heavy (non-hydrogen) atoms. The number of nitrogens with two attached hydrogens (primary N) is 1. The fourth-order valence-electron chi connectivity index (χ4n) is 3.79. The third-order valence-electron chi connectivity index (χ3n) is 5.57. The fourth-order valence-corrected chi connectivity index (χ4v) is 3.79. The molecule has 1 fully saturated rings. The van der Waals surface area contributed by atoms with E-state index in [9.17, 15) is 18.4 Å². The molecule has 2 amide bonds. The van der Waals surface area contributed by atoms with E-state index in [0.29, 0.717) is 50.4 Å². The van der Waals surface area contributed by atoms with Crippen molar-refractivity contribution in [3.8, 4) is 0 Å². The van der Waals surface area contributed by atoms with Gasteiger partial charge >= 0.3 is 0 Å². The van der Waals surface area contributed by atoms with Gasteiger partial charge in [0, 0.05) is 50.6 Å². The Hall–Kier alpha value is -3.66. The molecule has 2 aromatic carbocycles. The Labute approximate surface area is 189 Å². The molecule has 0 radical (unpaired) electrons. The van der Waals surface area contributed by atoms with Gasteiger partial charge in [0.2, 0.25) is 5.91 Å². The van der Waals surface area contributed by atoms with Crippen molar-refractivity contribution in [2.24, 2.45) is 0 Å². The van der Waals surface area contributed by atoms with Crippen molar-refractivity contribution in [2.45, 2.75) is 13.0 Å². The first-order valence-corrected chi connectivity index (χ1v) is 10.7. The van der Waals surface area contributed by atoms with Crippen molar-refractivity contribution in [1.29, 1.82) is 0 Å². The van der Waals surface area contributed by atoms with Crippen LogP contribution in [0.15, 0.2) is 42.5 Å². The Morgan fingerprint density at radius 2 is 1.79 bits per heavy atom. The number of hydrogen-bond acceptors (Lipinski definition) is 6. The van der Waals surface area contributed by atoms with Gasteiger partial charge in [0.1, 0.15) is 23.3 Å². The second-order valence-electron chi connectivity index (χ2n) is 7.83. The van der Waals surface area contributed by atoms with E-state index < -0.39 is 17.5 Å². The summed E-state index contributed by atoms with van der Waals surface area (Å²) in [5.74, 6) is -1.38. The highest BCUT2D eigenvalue weighted by Gasteiger charge is 2.22. The van der Waals surface area contributed by atoms with Crippen molar-refractivity contribution in [3.63, 3.8) is 0 Å². The maximum Gasteiger partial charge on any atom is 0.254 e. The molecule has 3 N–H and O–H groups in total. The quantitative estimate of drug-likeness (QED) is 0.590. The number of nitrogens with one attached hydrogen (secondary N) is 1. The number of anilines is 1. The van der Waals surface area contributed by atoms with Crippen LogP contribution in [-0.4, -0.2) is 64.3 Å². The Balaban J connectivity index is 1.23. The van der Waals surface area contributed by atoms with E-state index in [2.05, 4.69) is 20.2 Å². The number of rotatable bonds is 6. The maximum atomic E-state index is 13.7. The average molecular weight is 454 g/mol. The summed E-state index contributed by atoms with van der Waals surface area (Å²) in [6, 6.07) is 10.3. The first-order chi connectivity index (χ1) is 15.9. The van der Waals surface area contributed by atoms with Crippen LogP contribution in [0.25, 0.3) is 10.9 Å². The molecule has 1 aliphatic rings. The number of para-hydroxylation sites is 1. The molecule has 10 heteroatoms. The smallest absolute Gasteiger partial charge is 0.254 e. The molecular formula is C23H24F2N6O2. The molecular weight excluding hydrogens is 430 g/mol. The lowest BCUT2D eigenvalue weighted by atomic mass is 10.2. The zero-order valence-electron chi connectivity index (χ0n) is 17.9. The highest BCUT2D eigenvalue weighted by atomic mass is 19.1. The van der Waals surface area contributed by atoms with Gasteiger partial charge in [-0.3, -0.25) is 14.5 Å². The first-order valence-electron chi connectivity index (χ1n) is 10.7. The average Bonchev–Trinajstić information content (AvgIpc) is 2.79. The Morgan fingerprint density at radius 1 is 1.03 bits per heavy atom. The highest BCUT2D eigenvalue weighted by Crippen LogP contribution is 2.18. The largest absolute Gasteiger partial charge is 0.383 e. The number of nitrogen functional groups attached to an aromatic ring is 1. The van der Waals surface area contributed by atoms with Crippen LogP contribution in [0, 0.1) is 11.6 Å². The van der Waals surface area contributed by atoms with Gasteiger partial charge < -0.3 is 16.0 Å². The molecule has 4 rings (SSSR count). The van der Waals surface area contributed by atoms with Crippen LogP contribution in [0.2, 0.25) is 0 Å². The van der Waals surface area contributed by atoms with Crippen LogP contribution in [0.4, 0.5) is 14.6 Å². The van der Waals surface area contributed by atoms with Gasteiger partial charge in [-0.15, -0.1) is 0 Å². The summed E-state index contributed by atoms with van der Waals surface area (Å²) in [5.41, 5.74) is 6.60. The molecule has 0 spiro atoms. The minimum Gasteiger partial charge on any atom is -0.383 e. The summed E-state index contributed by atoms with van der Waals surface area (Å²) in [6.07, 6.45) is 0.0961. The number of benzene rings is 2. The highest BCUT2D eigenvalue weighted by molar-refractivity contribution is 5.94. The lowest BCUT2D eigenvalue weighted by Gasteiger charge is -2.34. The van der Waals surface area contributed by atoms with E-state index in [0.717, 1.165) is 23.0 Å². The van der Waals surface area contributed by atoms with Gasteiger partial charge in [0.15, 0.2) is 0 Å². The normalized spacial score (nSPS) is 14.4. The van der Waals surface area contributed by atoms with Gasteiger partial charge in [0.05, 0.1) is 17.6 Å². The summed E-state index contributed by atoms with van der Waals surface area (Å²) in [7, 11) is 0. The second-order valence-corrected chi connectivity index (χ2v) is 7.83. The predicted molar refractivity (Wildman–Crippen MR) is 119 cm³/mol. The third kappa shape index (κ3) is 5.40. The Morgan fingerprint density at radius 3 is 2.55 bits per heavy atom. The number of amides is 2. The van der Waals surface area contributed by atoms with Crippen molar-refractivity contribution in [3.05, 3.63) is 65.5 Å². The molecule has 0 unspecified atom stereocenters. The number of carbonyl (C=O) groups is 2. The molecule has 1 aromatic heterocycles. The number of carbonyl (C=O) groups excluding carboxylic acids is 2. The summed E-state index contributed by atoms with van der Waals surface area (Å²) < 4.78 is 26.6. The zero-order chi connectivity index (χ0) is 23.4. The van der Waals surface area contributed by atoms with Crippen LogP contribution in [0.3, 0.4) is 0 Å². The number of nitrogens with zero attached hydrogens (tertiary/aromatic N) is 4. The second kappa shape index (κ2) is 9.86. The van der Waals surface area contributed by atoms with Crippen molar-refractivity contribution in [2.75, 3.05) is 38.5 Å². The van der Waals surface area contributed by atoms with Crippen molar-refractivity contribution >= 4 is 28.5 Å². The third-order valence-corrected chi connectivity index (χ3v) is 5.57. The summed E-state index contributed by atoms with van der Waals surface area (Å²) >= 11 is 0. The predicted octanol–water partition coefficient (Wildman–Crippen LogP) is 1.95. The first kappa shape index (κ1) is 22.5. The number of aromatic nitrogens is 2. The van der Waals surface area contributed by atoms with E-state index >= 15 is 0 Å². The topological polar surface area (TPSA) is 104 Å². The van der Waals surface area contributed by atoms with Gasteiger partial charge in [-0.1, -0.05) is 12.1 Å². The van der Waals surface area contributed by atoms with Crippen molar-refractivity contribution < 1.29 is 18.4 Å². The number of hydrogen-bond donors (Lipinski definition) is 2.